The van der Waals surface area contributed by atoms with E-state index in [0.717, 1.165) is 14.5 Å². The van der Waals surface area contributed by atoms with E-state index in [-0.39, 0.29) is 6.04 Å². The number of hydrogen-bond donors (Lipinski definition) is 1. The average molecular weight is 411 g/mol. The van der Waals surface area contributed by atoms with Gasteiger partial charge in [0.1, 0.15) is 0 Å². The standard InChI is InChI=1S/C16H13Br2NS/c1-9-5-6-10(7-14(9)18)15(19)12-8-20-16-11(12)3-2-4-13(16)17/h2-8,15H,19H2,1H3. The van der Waals surface area contributed by atoms with Crippen LogP contribution in [0.5, 0.6) is 0 Å². The summed E-state index contributed by atoms with van der Waals surface area (Å²) < 4.78 is 3.49. The fourth-order valence-corrected chi connectivity index (χ4v) is 4.32. The Labute approximate surface area is 139 Å². The zero-order chi connectivity index (χ0) is 14.3. The van der Waals surface area contributed by atoms with Crippen molar-refractivity contribution in [3.63, 3.8) is 0 Å². The monoisotopic (exact) mass is 409 g/mol. The van der Waals surface area contributed by atoms with Gasteiger partial charge in [0, 0.05) is 13.6 Å². The molecule has 0 radical (unpaired) electrons. The van der Waals surface area contributed by atoms with Crippen LogP contribution in [0.4, 0.5) is 0 Å². The summed E-state index contributed by atoms with van der Waals surface area (Å²) in [6.07, 6.45) is 0. The van der Waals surface area contributed by atoms with E-state index in [9.17, 15) is 0 Å². The van der Waals surface area contributed by atoms with Crippen LogP contribution in [0.1, 0.15) is 22.7 Å². The largest absolute Gasteiger partial charge is 0.320 e. The van der Waals surface area contributed by atoms with Crippen LogP contribution < -0.4 is 5.73 Å². The van der Waals surface area contributed by atoms with Gasteiger partial charge >= 0.3 is 0 Å². The van der Waals surface area contributed by atoms with Crippen LogP contribution >= 0.6 is 43.2 Å². The van der Waals surface area contributed by atoms with Crippen molar-refractivity contribution >= 4 is 53.3 Å². The lowest BCUT2D eigenvalue weighted by Gasteiger charge is -2.13. The van der Waals surface area contributed by atoms with Gasteiger partial charge in [0.15, 0.2) is 0 Å². The van der Waals surface area contributed by atoms with Crippen LogP contribution in [0.2, 0.25) is 0 Å². The second-order valence-electron chi connectivity index (χ2n) is 4.79. The highest BCUT2D eigenvalue weighted by atomic mass is 79.9. The van der Waals surface area contributed by atoms with Crippen LogP contribution in [0.3, 0.4) is 0 Å². The Morgan fingerprint density at radius 2 is 1.90 bits per heavy atom. The highest BCUT2D eigenvalue weighted by Gasteiger charge is 2.15. The molecule has 1 heterocycles. The number of halogens is 2. The van der Waals surface area contributed by atoms with Crippen LogP contribution in [-0.2, 0) is 0 Å². The number of hydrogen-bond acceptors (Lipinski definition) is 2. The summed E-state index contributed by atoms with van der Waals surface area (Å²) in [7, 11) is 0. The summed E-state index contributed by atoms with van der Waals surface area (Å²) in [6.45, 7) is 2.08. The van der Waals surface area contributed by atoms with Crippen LogP contribution in [0.15, 0.2) is 50.7 Å². The third-order valence-corrected chi connectivity index (χ3v) is 6.30. The predicted octanol–water partition coefficient (Wildman–Crippen LogP) is 5.78. The minimum Gasteiger partial charge on any atom is -0.320 e. The van der Waals surface area contributed by atoms with Gasteiger partial charge in [0.2, 0.25) is 0 Å². The summed E-state index contributed by atoms with van der Waals surface area (Å²) in [5.41, 5.74) is 10.00. The molecule has 2 aromatic carbocycles. The molecule has 3 aromatic rings. The SMILES string of the molecule is Cc1ccc(C(N)c2csc3c(Br)cccc23)cc1Br. The predicted molar refractivity (Wildman–Crippen MR) is 94.4 cm³/mol. The second-order valence-corrected chi connectivity index (χ2v) is 7.38. The first kappa shape index (κ1) is 14.3. The molecule has 0 aliphatic rings. The molecule has 3 rings (SSSR count). The molecule has 0 spiro atoms. The van der Waals surface area contributed by atoms with Gasteiger partial charge in [0.05, 0.1) is 6.04 Å². The van der Waals surface area contributed by atoms with E-state index in [1.807, 2.05) is 0 Å². The number of thiophene rings is 1. The highest BCUT2D eigenvalue weighted by Crippen LogP contribution is 2.36. The second kappa shape index (κ2) is 5.60. The van der Waals surface area contributed by atoms with Crippen molar-refractivity contribution in [2.45, 2.75) is 13.0 Å². The summed E-state index contributed by atoms with van der Waals surface area (Å²) in [4.78, 5) is 0. The molecule has 102 valence electrons. The number of aryl methyl sites for hydroxylation is 1. The van der Waals surface area contributed by atoms with Crippen molar-refractivity contribution in [2.24, 2.45) is 5.73 Å². The van der Waals surface area contributed by atoms with Gasteiger partial charge in [-0.1, -0.05) is 40.2 Å². The fraction of sp³-hybridized carbons (Fsp3) is 0.125. The molecule has 1 nitrogen and oxygen atoms in total. The van der Waals surface area contributed by atoms with Crippen molar-refractivity contribution < 1.29 is 0 Å². The average Bonchev–Trinajstić information content (AvgIpc) is 2.86. The molecule has 2 N–H and O–H groups in total. The molecule has 0 bridgehead atoms. The third kappa shape index (κ3) is 2.46. The number of nitrogens with two attached hydrogens (primary N) is 1. The third-order valence-electron chi connectivity index (χ3n) is 3.47. The zero-order valence-corrected chi connectivity index (χ0v) is 14.8. The molecule has 0 amide bonds. The molecule has 4 heteroatoms. The Hall–Kier alpha value is -0.680. The molecule has 1 aromatic heterocycles. The maximum atomic E-state index is 6.47. The summed E-state index contributed by atoms with van der Waals surface area (Å²) in [6, 6.07) is 12.5. The van der Waals surface area contributed by atoms with Crippen LogP contribution in [0, 0.1) is 6.92 Å². The minimum absolute atomic E-state index is 0.102. The molecule has 1 atom stereocenters. The number of benzene rings is 2. The maximum Gasteiger partial charge on any atom is 0.0566 e. The Balaban J connectivity index is 2.10. The summed E-state index contributed by atoms with van der Waals surface area (Å²) in [5.74, 6) is 0. The van der Waals surface area contributed by atoms with Crippen molar-refractivity contribution in [1.82, 2.24) is 0 Å². The topological polar surface area (TPSA) is 26.0 Å². The van der Waals surface area contributed by atoms with Crippen LogP contribution in [-0.4, -0.2) is 0 Å². The summed E-state index contributed by atoms with van der Waals surface area (Å²) >= 11 is 8.91. The molecule has 0 saturated heterocycles. The lowest BCUT2D eigenvalue weighted by molar-refractivity contribution is 0.883. The van der Waals surface area contributed by atoms with E-state index in [4.69, 9.17) is 5.73 Å². The number of fused-ring (bicyclic) bond motifs is 1. The van der Waals surface area contributed by atoms with E-state index in [1.54, 1.807) is 11.3 Å². The van der Waals surface area contributed by atoms with Gasteiger partial charge in [-0.05, 0) is 62.4 Å². The van der Waals surface area contributed by atoms with Gasteiger partial charge in [0.25, 0.3) is 0 Å². The Kier molecular flexibility index (Phi) is 4.00. The van der Waals surface area contributed by atoms with Gasteiger partial charge in [-0.3, -0.25) is 0 Å². The van der Waals surface area contributed by atoms with Gasteiger partial charge in [-0.2, -0.15) is 0 Å². The highest BCUT2D eigenvalue weighted by molar-refractivity contribution is 9.11. The number of rotatable bonds is 2. The first-order valence-electron chi connectivity index (χ1n) is 6.25. The minimum atomic E-state index is -0.102. The van der Waals surface area contributed by atoms with Gasteiger partial charge in [-0.25, -0.2) is 0 Å². The van der Waals surface area contributed by atoms with E-state index in [0.29, 0.717) is 0 Å². The summed E-state index contributed by atoms with van der Waals surface area (Å²) in [5, 5.41) is 3.39. The molecular weight excluding hydrogens is 398 g/mol. The van der Waals surface area contributed by atoms with E-state index >= 15 is 0 Å². The van der Waals surface area contributed by atoms with E-state index in [1.165, 1.54) is 21.2 Å². The van der Waals surface area contributed by atoms with Gasteiger partial charge < -0.3 is 5.73 Å². The lowest BCUT2D eigenvalue weighted by atomic mass is 9.98. The Morgan fingerprint density at radius 1 is 1.10 bits per heavy atom. The molecule has 0 fully saturated rings. The van der Waals surface area contributed by atoms with Crippen molar-refractivity contribution in [2.75, 3.05) is 0 Å². The van der Waals surface area contributed by atoms with E-state index < -0.39 is 0 Å². The Bertz CT molecular complexity index is 779. The fourth-order valence-electron chi connectivity index (χ4n) is 2.26. The van der Waals surface area contributed by atoms with Crippen LogP contribution in [0.25, 0.3) is 10.1 Å². The molecule has 0 aliphatic heterocycles. The quantitative estimate of drug-likeness (QED) is 0.568. The van der Waals surface area contributed by atoms with Crippen molar-refractivity contribution in [3.8, 4) is 0 Å². The normalized spacial score (nSPS) is 12.8. The first-order chi connectivity index (χ1) is 9.58. The lowest BCUT2D eigenvalue weighted by Crippen LogP contribution is -2.11. The maximum absolute atomic E-state index is 6.47. The Morgan fingerprint density at radius 3 is 2.65 bits per heavy atom. The zero-order valence-electron chi connectivity index (χ0n) is 10.9. The van der Waals surface area contributed by atoms with Crippen molar-refractivity contribution in [3.05, 3.63) is 67.4 Å². The smallest absolute Gasteiger partial charge is 0.0566 e. The van der Waals surface area contributed by atoms with E-state index in [2.05, 4.69) is 80.6 Å². The molecule has 20 heavy (non-hydrogen) atoms. The van der Waals surface area contributed by atoms with Crippen molar-refractivity contribution in [1.29, 1.82) is 0 Å². The molecule has 1 unspecified atom stereocenters. The van der Waals surface area contributed by atoms with Gasteiger partial charge in [-0.15, -0.1) is 11.3 Å². The molecule has 0 aliphatic carbocycles. The molecule has 0 saturated carbocycles. The first-order valence-corrected chi connectivity index (χ1v) is 8.71. The molecular formula is C16H13Br2NS.